The lowest BCUT2D eigenvalue weighted by Gasteiger charge is -2.09. The fourth-order valence-corrected chi connectivity index (χ4v) is 1.46. The first-order valence-electron chi connectivity index (χ1n) is 5.89. The number of nitrogens with one attached hydrogen (secondary N) is 2. The van der Waals surface area contributed by atoms with Crippen molar-refractivity contribution in [3.63, 3.8) is 0 Å². The summed E-state index contributed by atoms with van der Waals surface area (Å²) >= 11 is 5.07. The number of aliphatic carboxylic acids is 1. The summed E-state index contributed by atoms with van der Waals surface area (Å²) in [7, 11) is 1.67. The summed E-state index contributed by atoms with van der Waals surface area (Å²) in [6.45, 7) is 2.32. The largest absolute Gasteiger partial charge is 0.481 e. The van der Waals surface area contributed by atoms with Crippen molar-refractivity contribution in [2.24, 2.45) is 0 Å². The molecule has 0 aromatic heterocycles. The van der Waals surface area contributed by atoms with Gasteiger partial charge in [-0.3, -0.25) is 4.79 Å². The summed E-state index contributed by atoms with van der Waals surface area (Å²) in [5.74, 6) is -0.728. The molecule has 0 saturated heterocycles. The van der Waals surface area contributed by atoms with Crippen LogP contribution in [0.5, 0.6) is 0 Å². The van der Waals surface area contributed by atoms with Gasteiger partial charge in [-0.05, 0) is 31.5 Å². The molecule has 0 saturated carbocycles. The van der Waals surface area contributed by atoms with E-state index in [4.69, 9.17) is 22.1 Å². The van der Waals surface area contributed by atoms with Crippen molar-refractivity contribution < 1.29 is 14.6 Å². The van der Waals surface area contributed by atoms with Gasteiger partial charge in [0.15, 0.2) is 5.11 Å². The van der Waals surface area contributed by atoms with Crippen molar-refractivity contribution in [1.82, 2.24) is 10.6 Å². The van der Waals surface area contributed by atoms with Gasteiger partial charge in [-0.15, -0.1) is 0 Å². The first-order chi connectivity index (χ1) is 8.16. The second-order valence-electron chi connectivity index (χ2n) is 3.73. The Morgan fingerprint density at radius 3 is 2.41 bits per heavy atom. The zero-order valence-corrected chi connectivity index (χ0v) is 11.1. The molecule has 6 heteroatoms. The lowest BCUT2D eigenvalue weighted by Crippen LogP contribution is -2.36. The molecule has 17 heavy (non-hydrogen) atoms. The lowest BCUT2D eigenvalue weighted by atomic mass is 10.2. The minimum Gasteiger partial charge on any atom is -0.481 e. The highest BCUT2D eigenvalue weighted by Gasteiger charge is 1.97. The van der Waals surface area contributed by atoms with Gasteiger partial charge in [0.05, 0.1) is 0 Å². The molecule has 100 valence electrons. The van der Waals surface area contributed by atoms with Crippen molar-refractivity contribution in [2.75, 3.05) is 26.8 Å². The predicted octanol–water partition coefficient (Wildman–Crippen LogP) is 1.13. The minimum atomic E-state index is -0.728. The van der Waals surface area contributed by atoms with E-state index in [9.17, 15) is 4.79 Å². The Bertz CT molecular complexity index is 225. The zero-order valence-electron chi connectivity index (χ0n) is 10.3. The van der Waals surface area contributed by atoms with Crippen LogP contribution in [0.2, 0.25) is 0 Å². The molecule has 5 nitrogen and oxygen atoms in total. The van der Waals surface area contributed by atoms with Crippen molar-refractivity contribution in [3.8, 4) is 0 Å². The van der Waals surface area contributed by atoms with E-state index in [1.54, 1.807) is 7.11 Å². The molecule has 0 heterocycles. The number of ether oxygens (including phenoxy) is 1. The van der Waals surface area contributed by atoms with Gasteiger partial charge in [0, 0.05) is 33.2 Å². The summed E-state index contributed by atoms with van der Waals surface area (Å²) in [4.78, 5) is 10.3. The van der Waals surface area contributed by atoms with Crippen molar-refractivity contribution in [1.29, 1.82) is 0 Å². The van der Waals surface area contributed by atoms with Gasteiger partial charge in [0.25, 0.3) is 0 Å². The van der Waals surface area contributed by atoms with Gasteiger partial charge in [-0.1, -0.05) is 6.42 Å². The standard InChI is InChI=1S/C11H22N2O3S/c1-16-9-5-8-13-11(17)12-7-4-2-3-6-10(14)15/h2-9H2,1H3,(H,14,15)(H2,12,13,17). The number of carbonyl (C=O) groups is 1. The zero-order chi connectivity index (χ0) is 12.9. The Labute approximate surface area is 108 Å². The maximum Gasteiger partial charge on any atom is 0.303 e. The molecule has 0 aromatic rings. The maximum absolute atomic E-state index is 10.3. The van der Waals surface area contributed by atoms with Crippen LogP contribution < -0.4 is 10.6 Å². The van der Waals surface area contributed by atoms with E-state index in [2.05, 4.69) is 10.6 Å². The Morgan fingerprint density at radius 1 is 1.18 bits per heavy atom. The fourth-order valence-electron chi connectivity index (χ4n) is 1.26. The molecule has 0 bridgehead atoms. The molecule has 0 unspecified atom stereocenters. The van der Waals surface area contributed by atoms with Crippen molar-refractivity contribution in [2.45, 2.75) is 32.1 Å². The molecule has 0 aliphatic rings. The average Bonchev–Trinajstić information content (AvgIpc) is 2.29. The highest BCUT2D eigenvalue weighted by molar-refractivity contribution is 7.80. The molecule has 0 aliphatic carbocycles. The highest BCUT2D eigenvalue weighted by atomic mass is 32.1. The lowest BCUT2D eigenvalue weighted by molar-refractivity contribution is -0.137. The van der Waals surface area contributed by atoms with Crippen molar-refractivity contribution in [3.05, 3.63) is 0 Å². The van der Waals surface area contributed by atoms with Crippen molar-refractivity contribution >= 4 is 23.3 Å². The van der Waals surface area contributed by atoms with Gasteiger partial charge >= 0.3 is 5.97 Å². The smallest absolute Gasteiger partial charge is 0.303 e. The Hall–Kier alpha value is -0.880. The highest BCUT2D eigenvalue weighted by Crippen LogP contribution is 1.98. The second kappa shape index (κ2) is 11.6. The van der Waals surface area contributed by atoms with E-state index in [0.29, 0.717) is 5.11 Å². The van der Waals surface area contributed by atoms with Crippen LogP contribution >= 0.6 is 12.2 Å². The van der Waals surface area contributed by atoms with E-state index in [-0.39, 0.29) is 6.42 Å². The van der Waals surface area contributed by atoms with Gasteiger partial charge in [-0.25, -0.2) is 0 Å². The molecular formula is C11H22N2O3S. The van der Waals surface area contributed by atoms with Gasteiger partial charge < -0.3 is 20.5 Å². The quantitative estimate of drug-likeness (QED) is 0.405. The molecule has 0 amide bonds. The fraction of sp³-hybridized carbons (Fsp3) is 0.818. The van der Waals surface area contributed by atoms with Crippen LogP contribution in [0.25, 0.3) is 0 Å². The Balaban J connectivity index is 3.19. The first kappa shape index (κ1) is 16.1. The molecule has 0 aromatic carbocycles. The second-order valence-corrected chi connectivity index (χ2v) is 4.14. The number of rotatable bonds is 10. The monoisotopic (exact) mass is 262 g/mol. The summed E-state index contributed by atoms with van der Waals surface area (Å²) in [6.07, 6.45) is 3.75. The molecule has 0 spiro atoms. The number of thiocarbonyl (C=S) groups is 1. The third-order valence-electron chi connectivity index (χ3n) is 2.16. The summed E-state index contributed by atoms with van der Waals surface area (Å²) < 4.78 is 4.92. The van der Waals surface area contributed by atoms with Crippen LogP contribution in [0.3, 0.4) is 0 Å². The molecule has 0 aliphatic heterocycles. The molecule has 0 atom stereocenters. The summed E-state index contributed by atoms with van der Waals surface area (Å²) in [5.41, 5.74) is 0. The number of carboxylic acid groups (broad SMARTS) is 1. The SMILES string of the molecule is COCCCNC(=S)NCCCCCC(=O)O. The van der Waals surface area contributed by atoms with E-state index < -0.39 is 5.97 Å². The molecule has 3 N–H and O–H groups in total. The van der Waals surface area contributed by atoms with Crippen LogP contribution in [0.4, 0.5) is 0 Å². The Morgan fingerprint density at radius 2 is 1.82 bits per heavy atom. The first-order valence-corrected chi connectivity index (χ1v) is 6.30. The van der Waals surface area contributed by atoms with Crippen LogP contribution in [0.1, 0.15) is 32.1 Å². The molecular weight excluding hydrogens is 240 g/mol. The topological polar surface area (TPSA) is 70.6 Å². The van der Waals surface area contributed by atoms with Gasteiger partial charge in [-0.2, -0.15) is 0 Å². The predicted molar refractivity (Wildman–Crippen MR) is 71.2 cm³/mol. The van der Waals surface area contributed by atoms with E-state index >= 15 is 0 Å². The number of hydrogen-bond donors (Lipinski definition) is 3. The Kier molecular flexibility index (Phi) is 11.0. The number of methoxy groups -OCH3 is 1. The van der Waals surface area contributed by atoms with E-state index in [0.717, 1.165) is 45.4 Å². The molecule has 0 radical (unpaired) electrons. The number of carboxylic acids is 1. The van der Waals surface area contributed by atoms with Gasteiger partial charge in [0.1, 0.15) is 0 Å². The van der Waals surface area contributed by atoms with Crippen LogP contribution in [-0.2, 0) is 9.53 Å². The minimum absolute atomic E-state index is 0.250. The maximum atomic E-state index is 10.3. The summed E-state index contributed by atoms with van der Waals surface area (Å²) in [5, 5.41) is 15.2. The van der Waals surface area contributed by atoms with E-state index in [1.165, 1.54) is 0 Å². The van der Waals surface area contributed by atoms with Crippen LogP contribution in [0, 0.1) is 0 Å². The van der Waals surface area contributed by atoms with Gasteiger partial charge in [0.2, 0.25) is 0 Å². The number of hydrogen-bond acceptors (Lipinski definition) is 3. The summed E-state index contributed by atoms with van der Waals surface area (Å²) in [6, 6.07) is 0. The average molecular weight is 262 g/mol. The molecule has 0 rings (SSSR count). The third-order valence-corrected chi connectivity index (χ3v) is 2.45. The normalized spacial score (nSPS) is 9.94. The van der Waals surface area contributed by atoms with Crippen LogP contribution in [0.15, 0.2) is 0 Å². The third kappa shape index (κ3) is 13.1. The number of unbranched alkanes of at least 4 members (excludes halogenated alkanes) is 2. The van der Waals surface area contributed by atoms with E-state index in [1.807, 2.05) is 0 Å². The molecule has 0 fully saturated rings. The van der Waals surface area contributed by atoms with Crippen LogP contribution in [-0.4, -0.2) is 43.0 Å².